The van der Waals surface area contributed by atoms with Crippen LogP contribution in [0.3, 0.4) is 0 Å². The van der Waals surface area contributed by atoms with Gasteiger partial charge in [0.15, 0.2) is 3.84 Å². The van der Waals surface area contributed by atoms with Gasteiger partial charge in [0.2, 0.25) is 0 Å². The summed E-state index contributed by atoms with van der Waals surface area (Å²) in [5.41, 5.74) is 4.68. The normalized spacial score (nSPS) is 4.17. The zero-order valence-corrected chi connectivity index (χ0v) is 10.3. The number of hydrogen-bond acceptors (Lipinski definition) is 1. The van der Waals surface area contributed by atoms with E-state index in [2.05, 4.69) is 5.73 Å². The average Bonchev–Trinajstić information content (AvgIpc) is 0.811. The van der Waals surface area contributed by atoms with Crippen molar-refractivity contribution in [1.29, 1.82) is 5.41 Å². The van der Waals surface area contributed by atoms with E-state index in [1.807, 2.05) is 0 Å². The van der Waals surface area contributed by atoms with Gasteiger partial charge in [-0.15, -0.1) is 0 Å². The fraction of sp³-hybridized carbons (Fsp3) is 0. The van der Waals surface area contributed by atoms with E-state index in [0.29, 0.717) is 0 Å². The van der Waals surface area contributed by atoms with Crippen molar-refractivity contribution in [3.63, 3.8) is 0 Å². The molecule has 6 heavy (non-hydrogen) atoms. The van der Waals surface area contributed by atoms with E-state index in [1.54, 1.807) is 22.6 Å². The van der Waals surface area contributed by atoms with E-state index in [9.17, 15) is 0 Å². The predicted molar refractivity (Wildman–Crippen MR) is 41.6 cm³/mol. The van der Waals surface area contributed by atoms with Crippen LogP contribution in [0.25, 0.3) is 0 Å². The molecule has 0 aliphatic rings. The predicted octanol–water partition coefficient (Wildman–Crippen LogP) is -1.25. The Labute approximate surface area is 130 Å². The van der Waals surface area contributed by atoms with Crippen molar-refractivity contribution in [3.05, 3.63) is 0 Å². The first-order chi connectivity index (χ1) is 1.73. The van der Waals surface area contributed by atoms with Gasteiger partial charge in [0, 0.05) is 0 Å². The van der Waals surface area contributed by atoms with Gasteiger partial charge in [0.05, 0.1) is 0 Å². The van der Waals surface area contributed by atoms with Crippen molar-refractivity contribution < 1.29 is 0 Å². The molecule has 2 nitrogen and oxygen atoms in total. The molecule has 0 aromatic rings. The van der Waals surface area contributed by atoms with E-state index in [1.165, 1.54) is 0 Å². The molecule has 0 spiro atoms. The maximum atomic E-state index is 6.26. The summed E-state index contributed by atoms with van der Waals surface area (Å²) in [4.78, 5) is 0. The second kappa shape index (κ2) is 11.0. The summed E-state index contributed by atoms with van der Waals surface area (Å²) < 4.78 is 0.137. The van der Waals surface area contributed by atoms with Crippen LogP contribution in [0, 0.1) is 5.41 Å². The van der Waals surface area contributed by atoms with E-state index in [0.717, 1.165) is 0 Å². The van der Waals surface area contributed by atoms with Crippen LogP contribution in [-0.2, 0) is 0 Å². The molecule has 0 heterocycles. The molecule has 0 saturated carbocycles. The molecule has 0 aromatic heterocycles. The van der Waals surface area contributed by atoms with Gasteiger partial charge in [0.1, 0.15) is 0 Å². The van der Waals surface area contributed by atoms with Crippen LogP contribution in [-0.4, -0.2) is 100 Å². The van der Waals surface area contributed by atoms with Crippen molar-refractivity contribution in [1.82, 2.24) is 0 Å². The molecular weight excluding hydrogens is 507 g/mol. The second-order valence-electron chi connectivity index (χ2n) is 0.348. The molecule has 0 saturated heterocycles. The fourth-order valence-electron chi connectivity index (χ4n) is 0. The number of nitrogens with two attached hydrogens (primary N) is 1. The van der Waals surface area contributed by atoms with Gasteiger partial charge in [0.25, 0.3) is 0 Å². The van der Waals surface area contributed by atoms with Gasteiger partial charge in [-0.25, -0.2) is 0 Å². The molecule has 0 fully saturated rings. The van der Waals surface area contributed by atoms with E-state index < -0.39 is 0 Å². The Bertz CT molecular complexity index is 36.5. The Kier molecular flexibility index (Phi) is 29.6. The fourth-order valence-corrected chi connectivity index (χ4v) is 0. The topological polar surface area (TPSA) is 49.9 Å². The van der Waals surface area contributed by atoms with Crippen molar-refractivity contribution in [2.75, 3.05) is 0 Å². The third-order valence-corrected chi connectivity index (χ3v) is 0. The van der Waals surface area contributed by atoms with Crippen molar-refractivity contribution in [3.8, 4) is 0 Å². The van der Waals surface area contributed by atoms with Gasteiger partial charge in [-0.1, -0.05) is 0 Å². The van der Waals surface area contributed by atoms with Crippen molar-refractivity contribution in [2.45, 2.75) is 0 Å². The number of amidine groups is 1. The average molecular weight is 513 g/mol. The molecule has 0 unspecified atom stereocenters. The molecule has 0 aliphatic heterocycles. The van der Waals surface area contributed by atoms with E-state index in [-0.39, 0.29) is 100 Å². The molecule has 0 amide bonds. The molecule has 0 bridgehead atoms. The Morgan fingerprint density at radius 1 is 1.67 bits per heavy atom. The minimum atomic E-state index is 0. The van der Waals surface area contributed by atoms with Crippen LogP contribution >= 0.6 is 22.6 Å². The van der Waals surface area contributed by atoms with Crippen molar-refractivity contribution in [2.24, 2.45) is 5.73 Å². The first kappa shape index (κ1) is 16.1. The number of halogens is 1. The van der Waals surface area contributed by atoms with E-state index >= 15 is 0 Å². The zero-order chi connectivity index (χ0) is 3.58. The quantitative estimate of drug-likeness (QED) is 0.138. The first-order valence-corrected chi connectivity index (χ1v) is 1.81. The van der Waals surface area contributed by atoms with Gasteiger partial charge in [-0.3, -0.25) is 5.41 Å². The van der Waals surface area contributed by atoms with Gasteiger partial charge in [-0.2, -0.15) is 0 Å². The Morgan fingerprint density at radius 3 is 1.67 bits per heavy atom. The van der Waals surface area contributed by atoms with E-state index in [4.69, 9.17) is 5.41 Å². The first-order valence-electron chi connectivity index (χ1n) is 0.728. The molecule has 0 aromatic carbocycles. The molecule has 0 atom stereocenters. The summed E-state index contributed by atoms with van der Waals surface area (Å²) >= 11 is 1.70. The summed E-state index contributed by atoms with van der Waals surface area (Å²) in [6.45, 7) is 0. The summed E-state index contributed by atoms with van der Waals surface area (Å²) in [6.07, 6.45) is 0. The van der Waals surface area contributed by atoms with Gasteiger partial charge < -0.3 is 5.73 Å². The monoisotopic (exact) mass is 514 g/mol. The molecule has 0 rings (SSSR count). The molecular formula is CH6CsIN2Pb. The molecule has 5 heteroatoms. The van der Waals surface area contributed by atoms with Crippen LogP contribution in [0.1, 0.15) is 0 Å². The summed E-state index contributed by atoms with van der Waals surface area (Å²) in [6, 6.07) is 0. The van der Waals surface area contributed by atoms with Crippen molar-refractivity contribution >= 4 is 123 Å². The summed E-state index contributed by atoms with van der Waals surface area (Å²) in [5, 5.41) is 6.26. The standard InChI is InChI=1S/CH3IN2.Cs.Pb.3H/c2-1(3)4;;;;;/h(H3,3,4);;;;;. The van der Waals surface area contributed by atoms with Crippen LogP contribution in [0.5, 0.6) is 0 Å². The second-order valence-corrected chi connectivity index (χ2v) is 1.51. The Balaban J connectivity index is -0.0000000450. The van der Waals surface area contributed by atoms with Crippen LogP contribution in [0.4, 0.5) is 0 Å². The van der Waals surface area contributed by atoms with Crippen LogP contribution in [0.15, 0.2) is 0 Å². The molecule has 3 N–H and O–H groups in total. The number of nitrogens with one attached hydrogen (secondary N) is 1. The third-order valence-electron chi connectivity index (χ3n) is 0. The van der Waals surface area contributed by atoms with Crippen LogP contribution in [0.2, 0.25) is 0 Å². The third kappa shape index (κ3) is 27.1. The molecule has 0 aliphatic carbocycles. The van der Waals surface area contributed by atoms with Gasteiger partial charge in [-0.05, 0) is 22.6 Å². The summed E-state index contributed by atoms with van der Waals surface area (Å²) in [5.74, 6) is 0. The van der Waals surface area contributed by atoms with Crippen LogP contribution < -0.4 is 5.73 Å². The Hall–Kier alpha value is 3.17. The summed E-state index contributed by atoms with van der Waals surface area (Å²) in [7, 11) is 0. The molecule has 32 valence electrons. The van der Waals surface area contributed by atoms with Gasteiger partial charge >= 0.3 is 96.2 Å². The zero-order valence-electron chi connectivity index (χ0n) is 2.66. The minimum absolute atomic E-state index is 0. The Morgan fingerprint density at radius 2 is 1.67 bits per heavy atom. The SMILES string of the molecule is N=C(N)I.[CsH].[PbH2]. The number of hydrogen-bond donors (Lipinski definition) is 2. The number of rotatable bonds is 0. The molecule has 2 radical (unpaired) electrons. The maximum absolute atomic E-state index is 6.26.